The molecule has 2 aliphatic rings. The van der Waals surface area contributed by atoms with Crippen molar-refractivity contribution in [3.63, 3.8) is 0 Å². The Hall–Kier alpha value is -0.630. The lowest BCUT2D eigenvalue weighted by Crippen LogP contribution is -2.40. The van der Waals surface area contributed by atoms with E-state index in [0.29, 0.717) is 17.7 Å². The van der Waals surface area contributed by atoms with Crippen LogP contribution in [0.2, 0.25) is 0 Å². The second-order valence-corrected chi connectivity index (χ2v) is 6.65. The zero-order valence-electron chi connectivity index (χ0n) is 10.7. The summed E-state index contributed by atoms with van der Waals surface area (Å²) in [6.45, 7) is 0. The van der Waals surface area contributed by atoms with E-state index in [4.69, 9.17) is 10.3 Å². The summed E-state index contributed by atoms with van der Waals surface area (Å²) in [5, 5.41) is 6.99. The third kappa shape index (κ3) is 2.94. The maximum absolute atomic E-state index is 12.2. The number of hydrogen-bond donors (Lipinski definition) is 2. The number of carbonyl (C=O) groups is 1. The molecule has 1 aromatic rings. The third-order valence-electron chi connectivity index (χ3n) is 3.93. The first-order chi connectivity index (χ1) is 9.15. The van der Waals surface area contributed by atoms with Crippen LogP contribution < -0.4 is 11.1 Å². The van der Waals surface area contributed by atoms with Gasteiger partial charge in [0, 0.05) is 18.0 Å². The summed E-state index contributed by atoms with van der Waals surface area (Å²) < 4.78 is 6.19. The summed E-state index contributed by atoms with van der Waals surface area (Å²) in [4.78, 5) is 12.2. The minimum Gasteiger partial charge on any atom is -0.359 e. The highest BCUT2D eigenvalue weighted by Gasteiger charge is 2.33. The normalized spacial score (nSPS) is 27.3. The number of nitrogens with one attached hydrogen (secondary N) is 1. The van der Waals surface area contributed by atoms with Gasteiger partial charge >= 0.3 is 0 Å². The van der Waals surface area contributed by atoms with Gasteiger partial charge in [0.2, 0.25) is 0 Å². The standard InChI is InChI=1S/C13H18IN3O2/c14-10-11(17-19-12(10)7-1-2-7)13(18)16-9-5-3-8(15)4-6-9/h7-9H,1-6,15H2,(H,16,18)/t8-,9-. The first-order valence-electron chi connectivity index (χ1n) is 6.86. The third-order valence-corrected chi connectivity index (χ3v) is 4.97. The maximum Gasteiger partial charge on any atom is 0.274 e. The minimum absolute atomic E-state index is 0.111. The highest BCUT2D eigenvalue weighted by atomic mass is 127. The summed E-state index contributed by atoms with van der Waals surface area (Å²) in [5.74, 6) is 1.26. The van der Waals surface area contributed by atoms with Gasteiger partial charge in [-0.15, -0.1) is 0 Å². The van der Waals surface area contributed by atoms with Gasteiger partial charge in [0.05, 0.1) is 3.57 Å². The number of nitrogens with two attached hydrogens (primary N) is 1. The Kier molecular flexibility index (Phi) is 3.79. The van der Waals surface area contributed by atoms with Crippen LogP contribution in [0.15, 0.2) is 4.52 Å². The molecule has 1 heterocycles. The molecule has 0 atom stereocenters. The molecular formula is C13H18IN3O2. The molecule has 2 fully saturated rings. The molecule has 0 spiro atoms. The van der Waals surface area contributed by atoms with Gasteiger partial charge in [-0.2, -0.15) is 0 Å². The first kappa shape index (κ1) is 13.4. The quantitative estimate of drug-likeness (QED) is 0.794. The molecule has 0 aromatic carbocycles. The van der Waals surface area contributed by atoms with Crippen molar-refractivity contribution in [3.05, 3.63) is 15.0 Å². The van der Waals surface area contributed by atoms with Gasteiger partial charge in [-0.25, -0.2) is 0 Å². The molecule has 3 rings (SSSR count). The average molecular weight is 375 g/mol. The molecule has 0 radical (unpaired) electrons. The van der Waals surface area contributed by atoms with Crippen LogP contribution in [0.5, 0.6) is 0 Å². The fourth-order valence-corrected chi connectivity index (χ4v) is 3.43. The summed E-state index contributed by atoms with van der Waals surface area (Å²) in [6, 6.07) is 0.519. The highest BCUT2D eigenvalue weighted by Crippen LogP contribution is 2.42. The number of nitrogens with zero attached hydrogens (tertiary/aromatic N) is 1. The van der Waals surface area contributed by atoms with Crippen LogP contribution in [0, 0.1) is 3.57 Å². The number of halogens is 1. The van der Waals surface area contributed by atoms with Crippen molar-refractivity contribution < 1.29 is 9.32 Å². The zero-order valence-corrected chi connectivity index (χ0v) is 12.9. The molecule has 2 saturated carbocycles. The van der Waals surface area contributed by atoms with Gasteiger partial charge < -0.3 is 15.6 Å². The van der Waals surface area contributed by atoms with E-state index in [9.17, 15) is 4.79 Å². The van der Waals surface area contributed by atoms with Crippen molar-refractivity contribution in [2.75, 3.05) is 0 Å². The highest BCUT2D eigenvalue weighted by molar-refractivity contribution is 14.1. The fourth-order valence-electron chi connectivity index (χ4n) is 2.55. The average Bonchev–Trinajstić information content (AvgIpc) is 3.15. The van der Waals surface area contributed by atoms with Crippen molar-refractivity contribution >= 4 is 28.5 Å². The van der Waals surface area contributed by atoms with Crippen LogP contribution in [0.4, 0.5) is 0 Å². The van der Waals surface area contributed by atoms with E-state index < -0.39 is 0 Å². The minimum atomic E-state index is -0.111. The molecule has 1 aromatic heterocycles. The smallest absolute Gasteiger partial charge is 0.274 e. The lowest BCUT2D eigenvalue weighted by Gasteiger charge is -2.26. The van der Waals surface area contributed by atoms with E-state index in [1.54, 1.807) is 0 Å². The van der Waals surface area contributed by atoms with Crippen LogP contribution in [0.25, 0.3) is 0 Å². The van der Waals surface area contributed by atoms with Crippen molar-refractivity contribution in [1.29, 1.82) is 0 Å². The Morgan fingerprint density at radius 2 is 1.95 bits per heavy atom. The maximum atomic E-state index is 12.2. The van der Waals surface area contributed by atoms with Gasteiger partial charge in [0.15, 0.2) is 11.5 Å². The lowest BCUT2D eigenvalue weighted by molar-refractivity contribution is 0.0916. The summed E-state index contributed by atoms with van der Waals surface area (Å²) in [7, 11) is 0. The molecule has 2 aliphatic carbocycles. The molecule has 19 heavy (non-hydrogen) atoms. The predicted molar refractivity (Wildman–Crippen MR) is 78.9 cm³/mol. The SMILES string of the molecule is N[C@H]1CC[C@H](NC(=O)c2noc(C3CC3)c2I)CC1. The Morgan fingerprint density at radius 3 is 2.58 bits per heavy atom. The second kappa shape index (κ2) is 5.40. The molecule has 0 aliphatic heterocycles. The van der Waals surface area contributed by atoms with E-state index in [1.165, 1.54) is 0 Å². The van der Waals surface area contributed by atoms with Crippen LogP contribution in [0.1, 0.15) is 60.7 Å². The fraction of sp³-hybridized carbons (Fsp3) is 0.692. The Labute approximate surface area is 125 Å². The first-order valence-corrected chi connectivity index (χ1v) is 7.94. The molecule has 104 valence electrons. The van der Waals surface area contributed by atoms with Gasteiger partial charge in [-0.05, 0) is 61.1 Å². The van der Waals surface area contributed by atoms with Crippen LogP contribution in [0.3, 0.4) is 0 Å². The van der Waals surface area contributed by atoms with Crippen molar-refractivity contribution in [1.82, 2.24) is 10.5 Å². The van der Waals surface area contributed by atoms with Gasteiger partial charge in [-0.1, -0.05) is 5.16 Å². The van der Waals surface area contributed by atoms with Gasteiger partial charge in [0.25, 0.3) is 5.91 Å². The molecule has 5 nitrogen and oxygen atoms in total. The molecular weight excluding hydrogens is 357 g/mol. The number of carbonyl (C=O) groups excluding carboxylic acids is 1. The molecule has 0 saturated heterocycles. The zero-order chi connectivity index (χ0) is 13.4. The number of aromatic nitrogens is 1. The van der Waals surface area contributed by atoms with E-state index >= 15 is 0 Å². The number of rotatable bonds is 3. The van der Waals surface area contributed by atoms with Crippen molar-refractivity contribution in [2.45, 2.75) is 56.5 Å². The van der Waals surface area contributed by atoms with Gasteiger partial charge in [0.1, 0.15) is 0 Å². The predicted octanol–water partition coefficient (Wildman–Crippen LogP) is 2.16. The second-order valence-electron chi connectivity index (χ2n) is 5.57. The lowest BCUT2D eigenvalue weighted by atomic mass is 9.92. The molecule has 0 unspecified atom stereocenters. The Morgan fingerprint density at radius 1 is 1.26 bits per heavy atom. The number of amides is 1. The van der Waals surface area contributed by atoms with Crippen LogP contribution in [-0.4, -0.2) is 23.1 Å². The van der Waals surface area contributed by atoms with E-state index in [2.05, 4.69) is 33.1 Å². The summed E-state index contributed by atoms with van der Waals surface area (Å²) in [6.07, 6.45) is 6.16. The van der Waals surface area contributed by atoms with E-state index in [1.807, 2.05) is 0 Å². The van der Waals surface area contributed by atoms with Crippen LogP contribution in [-0.2, 0) is 0 Å². The van der Waals surface area contributed by atoms with Crippen LogP contribution >= 0.6 is 22.6 Å². The monoisotopic (exact) mass is 375 g/mol. The topological polar surface area (TPSA) is 81.1 Å². The Bertz CT molecular complexity index is 476. The summed E-state index contributed by atoms with van der Waals surface area (Å²) in [5.41, 5.74) is 6.31. The van der Waals surface area contributed by atoms with Crippen molar-refractivity contribution in [3.8, 4) is 0 Å². The molecule has 3 N–H and O–H groups in total. The van der Waals surface area contributed by atoms with Gasteiger partial charge in [-0.3, -0.25) is 4.79 Å². The van der Waals surface area contributed by atoms with Crippen molar-refractivity contribution in [2.24, 2.45) is 5.73 Å². The van der Waals surface area contributed by atoms with E-state index in [0.717, 1.165) is 47.9 Å². The molecule has 0 bridgehead atoms. The number of hydrogen-bond acceptors (Lipinski definition) is 4. The molecule has 1 amide bonds. The molecule has 6 heteroatoms. The Balaban J connectivity index is 1.63. The van der Waals surface area contributed by atoms with E-state index in [-0.39, 0.29) is 11.9 Å². The summed E-state index contributed by atoms with van der Waals surface area (Å²) >= 11 is 2.17. The largest absolute Gasteiger partial charge is 0.359 e.